The van der Waals surface area contributed by atoms with Crippen LogP contribution in [-0.2, 0) is 20.7 Å². The third-order valence-electron chi connectivity index (χ3n) is 4.49. The van der Waals surface area contributed by atoms with Gasteiger partial charge in [0.05, 0.1) is 14.2 Å². The molecule has 150 valence electrons. The molecular weight excluding hydrogens is 358 g/mol. The Morgan fingerprint density at radius 2 is 1.64 bits per heavy atom. The molecule has 1 amide bonds. The quantitative estimate of drug-likeness (QED) is 0.699. The van der Waals surface area contributed by atoms with E-state index in [1.54, 1.807) is 27.2 Å². The molecule has 0 saturated carbocycles. The number of amides is 1. The van der Waals surface area contributed by atoms with Crippen LogP contribution < -0.4 is 14.8 Å². The van der Waals surface area contributed by atoms with Crippen molar-refractivity contribution >= 4 is 17.6 Å². The fraction of sp³-hybridized carbons (Fsp3) is 0.364. The van der Waals surface area contributed by atoms with Crippen molar-refractivity contribution in [1.29, 1.82) is 0 Å². The molecule has 0 aliphatic carbocycles. The first-order chi connectivity index (χ1) is 13.4. The van der Waals surface area contributed by atoms with Crippen LogP contribution in [0.15, 0.2) is 36.4 Å². The second-order valence-electron chi connectivity index (χ2n) is 6.54. The van der Waals surface area contributed by atoms with Crippen LogP contribution in [0.4, 0.5) is 5.69 Å². The Bertz CT molecular complexity index is 827. The van der Waals surface area contributed by atoms with Crippen molar-refractivity contribution in [2.75, 3.05) is 19.5 Å². The Morgan fingerprint density at radius 1 is 1.00 bits per heavy atom. The third kappa shape index (κ3) is 5.25. The lowest BCUT2D eigenvalue weighted by molar-refractivity contribution is -0.153. The number of para-hydroxylation sites is 2. The first-order valence-corrected chi connectivity index (χ1v) is 9.13. The summed E-state index contributed by atoms with van der Waals surface area (Å²) in [4.78, 5) is 24.6. The molecule has 0 unspecified atom stereocenters. The smallest absolute Gasteiger partial charge is 0.306 e. The molecule has 0 fully saturated rings. The minimum absolute atomic E-state index is 0.130. The number of anilines is 1. The molecular formula is C22H27NO5. The monoisotopic (exact) mass is 385 g/mol. The van der Waals surface area contributed by atoms with Crippen molar-refractivity contribution < 1.29 is 23.8 Å². The second kappa shape index (κ2) is 9.78. The molecule has 0 aromatic heterocycles. The highest BCUT2D eigenvalue weighted by molar-refractivity contribution is 5.96. The fourth-order valence-corrected chi connectivity index (χ4v) is 2.93. The lowest BCUT2D eigenvalue weighted by Crippen LogP contribution is -2.30. The zero-order valence-electron chi connectivity index (χ0n) is 17.0. The summed E-state index contributed by atoms with van der Waals surface area (Å²) in [5.41, 5.74) is 3.50. The summed E-state index contributed by atoms with van der Waals surface area (Å²) in [5.74, 6) is 0.395. The molecule has 0 bridgehead atoms. The molecule has 0 aliphatic heterocycles. The van der Waals surface area contributed by atoms with Crippen LogP contribution in [0.5, 0.6) is 11.5 Å². The van der Waals surface area contributed by atoms with Crippen molar-refractivity contribution in [2.45, 2.75) is 39.7 Å². The van der Waals surface area contributed by atoms with E-state index in [0.29, 0.717) is 17.9 Å². The average Bonchev–Trinajstić information content (AvgIpc) is 2.68. The lowest BCUT2D eigenvalue weighted by atomic mass is 10.1. The molecule has 6 nitrogen and oxygen atoms in total. The summed E-state index contributed by atoms with van der Waals surface area (Å²) in [6.45, 7) is 5.40. The fourth-order valence-electron chi connectivity index (χ4n) is 2.93. The van der Waals surface area contributed by atoms with Gasteiger partial charge in [-0.1, -0.05) is 30.3 Å². The van der Waals surface area contributed by atoms with E-state index in [1.165, 1.54) is 0 Å². The van der Waals surface area contributed by atoms with Gasteiger partial charge in [0.15, 0.2) is 17.6 Å². The van der Waals surface area contributed by atoms with Gasteiger partial charge in [0.2, 0.25) is 0 Å². The zero-order valence-corrected chi connectivity index (χ0v) is 17.0. The van der Waals surface area contributed by atoms with E-state index in [9.17, 15) is 9.59 Å². The highest BCUT2D eigenvalue weighted by Crippen LogP contribution is 2.31. The van der Waals surface area contributed by atoms with E-state index in [-0.39, 0.29) is 12.3 Å². The molecule has 1 N–H and O–H groups in total. The maximum atomic E-state index is 12.4. The van der Waals surface area contributed by atoms with Gasteiger partial charge in [0.25, 0.3) is 5.91 Å². The van der Waals surface area contributed by atoms with Crippen LogP contribution in [-0.4, -0.2) is 32.2 Å². The number of esters is 1. The number of carbonyl (C=O) groups is 2. The van der Waals surface area contributed by atoms with E-state index in [2.05, 4.69) is 5.32 Å². The van der Waals surface area contributed by atoms with Crippen molar-refractivity contribution in [2.24, 2.45) is 0 Å². The van der Waals surface area contributed by atoms with Gasteiger partial charge < -0.3 is 19.5 Å². The highest BCUT2D eigenvalue weighted by Gasteiger charge is 2.20. The molecule has 28 heavy (non-hydrogen) atoms. The summed E-state index contributed by atoms with van der Waals surface area (Å²) in [6, 6.07) is 11.3. The van der Waals surface area contributed by atoms with Crippen LogP contribution in [0.3, 0.4) is 0 Å². The molecule has 2 aromatic rings. The zero-order chi connectivity index (χ0) is 20.7. The second-order valence-corrected chi connectivity index (χ2v) is 6.54. The largest absolute Gasteiger partial charge is 0.493 e. The maximum absolute atomic E-state index is 12.4. The molecule has 0 spiro atoms. The van der Waals surface area contributed by atoms with E-state index in [0.717, 1.165) is 22.4 Å². The predicted molar refractivity (Wildman–Crippen MR) is 108 cm³/mol. The molecule has 6 heteroatoms. The number of rotatable bonds is 8. The Kier molecular flexibility index (Phi) is 7.44. The number of benzene rings is 2. The summed E-state index contributed by atoms with van der Waals surface area (Å²) in [7, 11) is 3.12. The first kappa shape index (κ1) is 21.3. The van der Waals surface area contributed by atoms with Gasteiger partial charge in [-0.3, -0.25) is 9.59 Å². The van der Waals surface area contributed by atoms with Crippen LogP contribution in [0.2, 0.25) is 0 Å². The summed E-state index contributed by atoms with van der Waals surface area (Å²) in [5, 5.41) is 2.84. The Balaban J connectivity index is 1.93. The van der Waals surface area contributed by atoms with Gasteiger partial charge in [0, 0.05) is 12.1 Å². The van der Waals surface area contributed by atoms with Crippen molar-refractivity contribution in [3.05, 3.63) is 53.1 Å². The van der Waals surface area contributed by atoms with Crippen molar-refractivity contribution in [3.8, 4) is 11.5 Å². The van der Waals surface area contributed by atoms with Crippen LogP contribution >= 0.6 is 0 Å². The average molecular weight is 385 g/mol. The van der Waals surface area contributed by atoms with Gasteiger partial charge >= 0.3 is 5.97 Å². The van der Waals surface area contributed by atoms with Gasteiger partial charge in [-0.15, -0.1) is 0 Å². The maximum Gasteiger partial charge on any atom is 0.306 e. The van der Waals surface area contributed by atoms with Gasteiger partial charge in [-0.05, 0) is 49.9 Å². The van der Waals surface area contributed by atoms with Gasteiger partial charge in [-0.2, -0.15) is 0 Å². The Morgan fingerprint density at radius 3 is 2.25 bits per heavy atom. The molecule has 0 aliphatic rings. The topological polar surface area (TPSA) is 73.9 Å². The van der Waals surface area contributed by atoms with Crippen LogP contribution in [0.1, 0.15) is 30.0 Å². The van der Waals surface area contributed by atoms with Crippen molar-refractivity contribution in [3.63, 3.8) is 0 Å². The normalized spacial score (nSPS) is 11.5. The number of ether oxygens (including phenoxy) is 3. The van der Waals surface area contributed by atoms with E-state index < -0.39 is 12.1 Å². The number of nitrogens with one attached hydrogen (secondary N) is 1. The SMILES string of the molecule is COc1cccc(CCC(=O)O[C@@H](C)C(=O)Nc2c(C)cccc2C)c1OC. The van der Waals surface area contributed by atoms with E-state index in [1.807, 2.05) is 44.2 Å². The number of methoxy groups -OCH3 is 2. The first-order valence-electron chi connectivity index (χ1n) is 9.13. The minimum Gasteiger partial charge on any atom is -0.493 e. The number of carbonyl (C=O) groups excluding carboxylic acids is 2. The number of aryl methyl sites for hydroxylation is 3. The van der Waals surface area contributed by atoms with E-state index >= 15 is 0 Å². The van der Waals surface area contributed by atoms with E-state index in [4.69, 9.17) is 14.2 Å². The Labute approximate surface area is 165 Å². The van der Waals surface area contributed by atoms with Gasteiger partial charge in [0.1, 0.15) is 0 Å². The standard InChI is InChI=1S/C22H27NO5/c1-14-8-6-9-15(2)20(14)23-22(25)16(3)28-19(24)13-12-17-10-7-11-18(26-4)21(17)27-5/h6-11,16H,12-13H2,1-5H3,(H,23,25)/t16-/m0/s1. The lowest BCUT2D eigenvalue weighted by Gasteiger charge is -2.16. The molecule has 0 radical (unpaired) electrons. The summed E-state index contributed by atoms with van der Waals surface area (Å²) >= 11 is 0. The predicted octanol–water partition coefficient (Wildman–Crippen LogP) is 3.82. The molecule has 2 rings (SSSR count). The van der Waals surface area contributed by atoms with Crippen LogP contribution in [0, 0.1) is 13.8 Å². The van der Waals surface area contributed by atoms with Gasteiger partial charge in [-0.25, -0.2) is 0 Å². The Hall–Kier alpha value is -3.02. The highest BCUT2D eigenvalue weighted by atomic mass is 16.5. The minimum atomic E-state index is -0.890. The molecule has 2 aromatic carbocycles. The molecule has 1 atom stereocenters. The van der Waals surface area contributed by atoms with Crippen molar-refractivity contribution in [1.82, 2.24) is 0 Å². The third-order valence-corrected chi connectivity index (χ3v) is 4.49. The number of hydrogen-bond donors (Lipinski definition) is 1. The molecule has 0 heterocycles. The van der Waals surface area contributed by atoms with Crippen LogP contribution in [0.25, 0.3) is 0 Å². The summed E-state index contributed by atoms with van der Waals surface area (Å²) in [6.07, 6.45) is -0.339. The molecule has 0 saturated heterocycles. The summed E-state index contributed by atoms with van der Waals surface area (Å²) < 4.78 is 15.9. The number of hydrogen-bond acceptors (Lipinski definition) is 5.